The third kappa shape index (κ3) is 3.35. The van der Waals surface area contributed by atoms with Gasteiger partial charge in [-0.05, 0) is 41.7 Å². The zero-order valence-electron chi connectivity index (χ0n) is 17.5. The van der Waals surface area contributed by atoms with Crippen molar-refractivity contribution in [3.63, 3.8) is 0 Å². The van der Waals surface area contributed by atoms with E-state index in [-0.39, 0.29) is 10.2 Å². The van der Waals surface area contributed by atoms with Gasteiger partial charge in [0.1, 0.15) is 35.1 Å². The lowest BCUT2D eigenvalue weighted by molar-refractivity contribution is -0.251. The van der Waals surface area contributed by atoms with Crippen molar-refractivity contribution in [2.24, 2.45) is 0 Å². The maximum atomic E-state index is 10.8. The van der Waals surface area contributed by atoms with E-state index < -0.39 is 37.3 Å². The maximum absolute atomic E-state index is 10.8. The van der Waals surface area contributed by atoms with Crippen LogP contribution >= 0.6 is 12.2 Å². The highest BCUT2D eigenvalue weighted by Gasteiger charge is 2.45. The van der Waals surface area contributed by atoms with Gasteiger partial charge in [-0.1, -0.05) is 36.5 Å². The Kier molecular flexibility index (Phi) is 5.66. The van der Waals surface area contributed by atoms with Crippen molar-refractivity contribution >= 4 is 12.2 Å². The summed E-state index contributed by atoms with van der Waals surface area (Å²) in [6.45, 7) is -0.575. The van der Waals surface area contributed by atoms with Crippen molar-refractivity contribution in [1.82, 2.24) is 4.57 Å². The molecule has 2 aliphatic rings. The van der Waals surface area contributed by atoms with Gasteiger partial charge in [0.25, 0.3) is 0 Å². The molecule has 0 unspecified atom stereocenters. The Bertz CT molecular complexity index is 1290. The lowest BCUT2D eigenvalue weighted by atomic mass is 9.82. The molecular weight excluding hydrogens is 444 g/mol. The molecule has 1 aliphatic heterocycles. The van der Waals surface area contributed by atoms with Crippen molar-refractivity contribution in [2.75, 3.05) is 6.61 Å². The Morgan fingerprint density at radius 1 is 1.06 bits per heavy atom. The molecule has 170 valence electrons. The van der Waals surface area contributed by atoms with E-state index in [1.165, 1.54) is 10.8 Å². The van der Waals surface area contributed by atoms with Crippen LogP contribution in [0, 0.1) is 16.0 Å². The summed E-state index contributed by atoms with van der Waals surface area (Å²) in [5, 5.41) is 51.3. The van der Waals surface area contributed by atoms with Crippen LogP contribution in [0.1, 0.15) is 22.9 Å². The molecule has 9 heteroatoms. The van der Waals surface area contributed by atoms with Crippen molar-refractivity contribution < 1.29 is 29.6 Å². The normalized spacial score (nSPS) is 26.3. The fraction of sp³-hybridized carbons (Fsp3) is 0.333. The molecule has 1 aromatic carbocycles. The van der Waals surface area contributed by atoms with Crippen LogP contribution in [0.4, 0.5) is 0 Å². The quantitative estimate of drug-likeness (QED) is 0.432. The molecule has 0 radical (unpaired) electrons. The number of rotatable bonds is 3. The molecule has 4 N–H and O–H groups in total. The second kappa shape index (κ2) is 8.50. The van der Waals surface area contributed by atoms with Gasteiger partial charge in [-0.2, -0.15) is 5.26 Å². The van der Waals surface area contributed by atoms with E-state index in [1.54, 1.807) is 12.1 Å². The molecule has 0 amide bonds. The summed E-state index contributed by atoms with van der Waals surface area (Å²) >= 11 is 5.74. The SMILES string of the molecule is N#Cc1c2c(c(-c3ccco3)n([C@@H]3O[C@H](CO)[C@H](O)[C@H](O)[C@H]3O)c1=S)CCc1ccccc1-2. The smallest absolute Gasteiger partial charge is 0.164 e. The minimum atomic E-state index is -1.59. The van der Waals surface area contributed by atoms with Crippen molar-refractivity contribution in [1.29, 1.82) is 5.26 Å². The number of hydrogen-bond acceptors (Lipinski definition) is 8. The molecule has 8 nitrogen and oxygen atoms in total. The summed E-state index contributed by atoms with van der Waals surface area (Å²) < 4.78 is 13.1. The van der Waals surface area contributed by atoms with E-state index >= 15 is 0 Å². The Morgan fingerprint density at radius 2 is 1.85 bits per heavy atom. The summed E-state index contributed by atoms with van der Waals surface area (Å²) in [5.74, 6) is 0.457. The molecule has 1 fully saturated rings. The van der Waals surface area contributed by atoms with Crippen LogP contribution < -0.4 is 0 Å². The minimum absolute atomic E-state index is 0.101. The third-order valence-corrected chi connectivity index (χ3v) is 6.83. The average molecular weight is 467 g/mol. The van der Waals surface area contributed by atoms with E-state index in [2.05, 4.69) is 6.07 Å². The highest BCUT2D eigenvalue weighted by molar-refractivity contribution is 7.71. The standard InChI is InChI=1S/C24H22N2O6S/c25-10-15-18-13-5-2-1-4-12(13)7-8-14(18)19(16-6-3-9-31-16)26(24(15)33)23-22(30)21(29)20(28)17(11-27)32-23/h1-6,9,17,20-23,27-30H,7-8,11H2/t17-,20+,21+,22-,23-/m1/s1. The van der Waals surface area contributed by atoms with E-state index in [0.717, 1.165) is 28.7 Å². The Hall–Kier alpha value is -2.84. The van der Waals surface area contributed by atoms with E-state index in [9.17, 15) is 25.7 Å². The number of nitrogens with zero attached hydrogens (tertiary/aromatic N) is 2. The van der Waals surface area contributed by atoms with Crippen LogP contribution in [0.15, 0.2) is 47.1 Å². The van der Waals surface area contributed by atoms with Crippen LogP contribution in [-0.4, -0.2) is 56.0 Å². The molecule has 1 saturated heterocycles. The number of aliphatic hydroxyl groups excluding tert-OH is 4. The Morgan fingerprint density at radius 3 is 2.55 bits per heavy atom. The van der Waals surface area contributed by atoms with Gasteiger partial charge in [0.05, 0.1) is 24.1 Å². The van der Waals surface area contributed by atoms with E-state index in [1.807, 2.05) is 24.3 Å². The first-order chi connectivity index (χ1) is 16.0. The molecule has 5 atom stereocenters. The fourth-order valence-corrected chi connectivity index (χ4v) is 5.19. The van der Waals surface area contributed by atoms with E-state index in [0.29, 0.717) is 17.9 Å². The molecule has 2 aromatic heterocycles. The number of nitriles is 1. The zero-order chi connectivity index (χ0) is 23.3. The molecule has 3 heterocycles. The number of pyridine rings is 1. The lowest BCUT2D eigenvalue weighted by Crippen LogP contribution is -2.56. The summed E-state index contributed by atoms with van der Waals surface area (Å²) in [6, 6.07) is 13.5. The molecule has 5 rings (SSSR count). The van der Waals surface area contributed by atoms with Gasteiger partial charge in [-0.3, -0.25) is 4.57 Å². The van der Waals surface area contributed by atoms with Gasteiger partial charge >= 0.3 is 0 Å². The summed E-state index contributed by atoms with van der Waals surface area (Å²) in [6.07, 6.45) is -4.22. The Balaban J connectivity index is 1.84. The van der Waals surface area contributed by atoms with Crippen LogP contribution in [0.2, 0.25) is 0 Å². The Labute approximate surface area is 194 Å². The highest BCUT2D eigenvalue weighted by Crippen LogP contribution is 2.44. The monoisotopic (exact) mass is 466 g/mol. The summed E-state index contributed by atoms with van der Waals surface area (Å²) in [7, 11) is 0. The molecule has 33 heavy (non-hydrogen) atoms. The molecule has 0 spiro atoms. The van der Waals surface area contributed by atoms with E-state index in [4.69, 9.17) is 21.4 Å². The first-order valence-corrected chi connectivity index (χ1v) is 11.0. The number of fused-ring (bicyclic) bond motifs is 3. The number of aryl methyl sites for hydroxylation is 1. The van der Waals surface area contributed by atoms with Crippen molar-refractivity contribution in [3.05, 3.63) is 64.0 Å². The van der Waals surface area contributed by atoms with Gasteiger partial charge in [0, 0.05) is 5.56 Å². The van der Waals surface area contributed by atoms with Crippen LogP contribution in [-0.2, 0) is 17.6 Å². The number of furan rings is 1. The lowest BCUT2D eigenvalue weighted by Gasteiger charge is -2.42. The topological polar surface area (TPSA) is 132 Å². The van der Waals surface area contributed by atoms with Crippen molar-refractivity contribution in [3.8, 4) is 28.7 Å². The first-order valence-electron chi connectivity index (χ1n) is 10.6. The average Bonchev–Trinajstić information content (AvgIpc) is 3.37. The fourth-order valence-electron chi connectivity index (χ4n) is 4.85. The summed E-state index contributed by atoms with van der Waals surface area (Å²) in [4.78, 5) is 0. The largest absolute Gasteiger partial charge is 0.463 e. The van der Waals surface area contributed by atoms with Gasteiger partial charge in [-0.15, -0.1) is 0 Å². The minimum Gasteiger partial charge on any atom is -0.463 e. The third-order valence-electron chi connectivity index (χ3n) is 6.43. The second-order valence-corrected chi connectivity index (χ2v) is 8.60. The first kappa shape index (κ1) is 22.0. The molecule has 1 aliphatic carbocycles. The predicted octanol–water partition coefficient (Wildman–Crippen LogP) is 2.09. The molecule has 0 saturated carbocycles. The zero-order valence-corrected chi connectivity index (χ0v) is 18.3. The number of aliphatic hydroxyl groups is 4. The van der Waals surface area contributed by atoms with Crippen LogP contribution in [0.3, 0.4) is 0 Å². The van der Waals surface area contributed by atoms with Gasteiger partial charge in [-0.25, -0.2) is 0 Å². The van der Waals surface area contributed by atoms with Gasteiger partial charge in [0.2, 0.25) is 0 Å². The maximum Gasteiger partial charge on any atom is 0.164 e. The number of aromatic nitrogens is 1. The number of ether oxygens (including phenoxy) is 1. The summed E-state index contributed by atoms with van der Waals surface area (Å²) in [5.41, 5.74) is 4.32. The van der Waals surface area contributed by atoms with Gasteiger partial charge in [0.15, 0.2) is 12.0 Å². The van der Waals surface area contributed by atoms with Gasteiger partial charge < -0.3 is 29.6 Å². The van der Waals surface area contributed by atoms with Crippen molar-refractivity contribution in [2.45, 2.75) is 43.5 Å². The number of hydrogen-bond donors (Lipinski definition) is 4. The second-order valence-electron chi connectivity index (χ2n) is 8.22. The number of benzene rings is 1. The highest BCUT2D eigenvalue weighted by atomic mass is 32.1. The molecular formula is C24H22N2O6S. The van der Waals surface area contributed by atoms with Crippen LogP contribution in [0.25, 0.3) is 22.6 Å². The molecule has 3 aromatic rings. The predicted molar refractivity (Wildman–Crippen MR) is 120 cm³/mol. The van der Waals surface area contributed by atoms with Crippen LogP contribution in [0.5, 0.6) is 0 Å². The molecule has 0 bridgehead atoms.